The van der Waals surface area contributed by atoms with Gasteiger partial charge in [-0.2, -0.15) is 0 Å². The summed E-state index contributed by atoms with van der Waals surface area (Å²) >= 11 is 0. The number of likely N-dealkylation sites (tertiary alicyclic amines) is 1. The van der Waals surface area contributed by atoms with Crippen molar-refractivity contribution in [2.75, 3.05) is 13.1 Å². The average Bonchev–Trinajstić information content (AvgIpc) is 3.03. The third-order valence-corrected chi connectivity index (χ3v) is 3.40. The number of nitrogens with one attached hydrogen (secondary N) is 1. The lowest BCUT2D eigenvalue weighted by Gasteiger charge is -2.28. The molecule has 0 spiro atoms. The molecule has 3 nitrogen and oxygen atoms in total. The number of urea groups is 1. The van der Waals surface area contributed by atoms with Crippen LogP contribution in [-0.4, -0.2) is 30.1 Å². The van der Waals surface area contributed by atoms with Crippen LogP contribution in [0.5, 0.6) is 0 Å². The first-order valence-corrected chi connectivity index (χ1v) is 6.31. The maximum atomic E-state index is 11.8. The van der Waals surface area contributed by atoms with E-state index in [-0.39, 0.29) is 6.03 Å². The first-order valence-electron chi connectivity index (χ1n) is 6.31. The summed E-state index contributed by atoms with van der Waals surface area (Å²) in [6.45, 7) is 4.02. The van der Waals surface area contributed by atoms with Gasteiger partial charge in [0, 0.05) is 19.1 Å². The lowest BCUT2D eigenvalue weighted by molar-refractivity contribution is 0.182. The van der Waals surface area contributed by atoms with Crippen LogP contribution in [0.4, 0.5) is 4.79 Å². The lowest BCUT2D eigenvalue weighted by Crippen LogP contribution is -2.46. The van der Waals surface area contributed by atoms with Crippen LogP contribution in [0.15, 0.2) is 0 Å². The summed E-state index contributed by atoms with van der Waals surface area (Å²) in [7, 11) is 0. The molecule has 2 rings (SSSR count). The van der Waals surface area contributed by atoms with Crippen LogP contribution in [0.1, 0.15) is 45.4 Å². The average molecular weight is 210 g/mol. The Morgan fingerprint density at radius 3 is 2.60 bits per heavy atom. The van der Waals surface area contributed by atoms with Crippen LogP contribution in [0.3, 0.4) is 0 Å². The highest BCUT2D eigenvalue weighted by molar-refractivity contribution is 5.74. The summed E-state index contributed by atoms with van der Waals surface area (Å²) in [4.78, 5) is 13.8. The van der Waals surface area contributed by atoms with Gasteiger partial charge in [-0.15, -0.1) is 0 Å². The van der Waals surface area contributed by atoms with E-state index in [1.807, 2.05) is 4.90 Å². The van der Waals surface area contributed by atoms with Crippen molar-refractivity contribution in [1.82, 2.24) is 10.2 Å². The zero-order valence-corrected chi connectivity index (χ0v) is 9.67. The fraction of sp³-hybridized carbons (Fsp3) is 0.917. The molecule has 0 aromatic heterocycles. The lowest BCUT2D eigenvalue weighted by atomic mass is 10.1. The van der Waals surface area contributed by atoms with Gasteiger partial charge in [0.25, 0.3) is 0 Å². The van der Waals surface area contributed by atoms with Crippen molar-refractivity contribution < 1.29 is 4.79 Å². The second kappa shape index (κ2) is 4.86. The zero-order chi connectivity index (χ0) is 10.7. The van der Waals surface area contributed by atoms with Crippen molar-refractivity contribution >= 4 is 6.03 Å². The van der Waals surface area contributed by atoms with Crippen LogP contribution < -0.4 is 5.32 Å². The summed E-state index contributed by atoms with van der Waals surface area (Å²) in [5.41, 5.74) is 0. The van der Waals surface area contributed by atoms with E-state index >= 15 is 0 Å². The van der Waals surface area contributed by atoms with Crippen LogP contribution in [0, 0.1) is 5.92 Å². The van der Waals surface area contributed by atoms with Crippen LogP contribution >= 0.6 is 0 Å². The predicted molar refractivity (Wildman–Crippen MR) is 60.8 cm³/mol. The normalized spacial score (nSPS) is 23.7. The number of amides is 2. The van der Waals surface area contributed by atoms with E-state index in [2.05, 4.69) is 12.2 Å². The van der Waals surface area contributed by atoms with Gasteiger partial charge in [-0.25, -0.2) is 4.79 Å². The predicted octanol–water partition coefficient (Wildman–Crippen LogP) is 2.37. The maximum absolute atomic E-state index is 11.8. The third kappa shape index (κ3) is 3.40. The summed E-state index contributed by atoms with van der Waals surface area (Å²) in [6, 6.07) is 0.509. The minimum atomic E-state index is 0.155. The maximum Gasteiger partial charge on any atom is 0.317 e. The number of carbonyl (C=O) groups excluding carboxylic acids is 1. The molecule has 1 atom stereocenters. The third-order valence-electron chi connectivity index (χ3n) is 3.40. The van der Waals surface area contributed by atoms with Gasteiger partial charge in [0.05, 0.1) is 0 Å². The van der Waals surface area contributed by atoms with Gasteiger partial charge in [0.1, 0.15) is 0 Å². The van der Waals surface area contributed by atoms with Gasteiger partial charge in [-0.1, -0.05) is 12.8 Å². The van der Waals surface area contributed by atoms with E-state index in [0.717, 1.165) is 19.0 Å². The molecule has 0 aromatic rings. The van der Waals surface area contributed by atoms with E-state index in [1.54, 1.807) is 0 Å². The molecule has 0 bridgehead atoms. The van der Waals surface area contributed by atoms with Crippen molar-refractivity contribution in [3.63, 3.8) is 0 Å². The monoisotopic (exact) mass is 210 g/mol. The Bertz CT molecular complexity index is 220. The van der Waals surface area contributed by atoms with Crippen molar-refractivity contribution in [3.8, 4) is 0 Å². The molecule has 1 saturated heterocycles. The number of rotatable bonds is 3. The Kier molecular flexibility index (Phi) is 3.49. The molecule has 1 unspecified atom stereocenters. The van der Waals surface area contributed by atoms with Gasteiger partial charge < -0.3 is 10.2 Å². The Balaban J connectivity index is 1.69. The summed E-state index contributed by atoms with van der Waals surface area (Å²) in [5.74, 6) is 0.890. The first-order chi connectivity index (χ1) is 7.25. The summed E-state index contributed by atoms with van der Waals surface area (Å²) < 4.78 is 0. The molecule has 1 aliphatic carbocycles. The Labute approximate surface area is 92.2 Å². The number of piperidine rings is 1. The van der Waals surface area contributed by atoms with Gasteiger partial charge >= 0.3 is 6.03 Å². The molecule has 86 valence electrons. The van der Waals surface area contributed by atoms with Gasteiger partial charge in [-0.3, -0.25) is 0 Å². The van der Waals surface area contributed by atoms with E-state index in [0.29, 0.717) is 6.04 Å². The van der Waals surface area contributed by atoms with E-state index in [4.69, 9.17) is 0 Å². The number of hydrogen-bond donors (Lipinski definition) is 1. The molecule has 0 aromatic carbocycles. The van der Waals surface area contributed by atoms with Gasteiger partial charge in [0.15, 0.2) is 0 Å². The molecule has 1 aliphatic heterocycles. The zero-order valence-electron chi connectivity index (χ0n) is 9.67. The quantitative estimate of drug-likeness (QED) is 0.762. The van der Waals surface area contributed by atoms with Crippen molar-refractivity contribution in [3.05, 3.63) is 0 Å². The second-order valence-electron chi connectivity index (χ2n) is 5.08. The topological polar surface area (TPSA) is 32.3 Å². The highest BCUT2D eigenvalue weighted by Gasteiger charge is 2.25. The first kappa shape index (κ1) is 10.8. The molecular weight excluding hydrogens is 188 g/mol. The standard InChI is InChI=1S/C12H22N2O/c1-10(9-11-5-6-11)13-12(15)14-7-3-2-4-8-14/h10-11H,2-9H2,1H3,(H,13,15). The molecule has 1 heterocycles. The molecule has 2 aliphatic rings. The van der Waals surface area contributed by atoms with Crippen molar-refractivity contribution in [1.29, 1.82) is 0 Å². The van der Waals surface area contributed by atoms with Crippen molar-refractivity contribution in [2.24, 2.45) is 5.92 Å². The molecule has 2 amide bonds. The fourth-order valence-electron chi connectivity index (χ4n) is 2.31. The number of carbonyl (C=O) groups is 1. The molecular formula is C12H22N2O. The molecule has 3 heteroatoms. The Hall–Kier alpha value is -0.730. The van der Waals surface area contributed by atoms with E-state index in [9.17, 15) is 4.79 Å². The summed E-state index contributed by atoms with van der Waals surface area (Å²) in [5, 5.41) is 3.11. The smallest absolute Gasteiger partial charge is 0.317 e. The van der Waals surface area contributed by atoms with Crippen molar-refractivity contribution in [2.45, 2.75) is 51.5 Å². The van der Waals surface area contributed by atoms with E-state index < -0.39 is 0 Å². The second-order valence-corrected chi connectivity index (χ2v) is 5.08. The number of hydrogen-bond acceptors (Lipinski definition) is 1. The molecule has 0 radical (unpaired) electrons. The molecule has 1 N–H and O–H groups in total. The number of nitrogens with zero attached hydrogens (tertiary/aromatic N) is 1. The minimum absolute atomic E-state index is 0.155. The summed E-state index contributed by atoms with van der Waals surface area (Å²) in [6.07, 6.45) is 7.52. The van der Waals surface area contributed by atoms with Gasteiger partial charge in [0.2, 0.25) is 0 Å². The Morgan fingerprint density at radius 2 is 2.00 bits per heavy atom. The SMILES string of the molecule is CC(CC1CC1)NC(=O)N1CCCCC1. The largest absolute Gasteiger partial charge is 0.336 e. The van der Waals surface area contributed by atoms with E-state index in [1.165, 1.54) is 38.5 Å². The minimum Gasteiger partial charge on any atom is -0.336 e. The van der Waals surface area contributed by atoms with Crippen LogP contribution in [0.25, 0.3) is 0 Å². The fourth-order valence-corrected chi connectivity index (χ4v) is 2.31. The Morgan fingerprint density at radius 1 is 1.33 bits per heavy atom. The highest BCUT2D eigenvalue weighted by atomic mass is 16.2. The van der Waals surface area contributed by atoms with Gasteiger partial charge in [-0.05, 0) is 38.5 Å². The molecule has 1 saturated carbocycles. The van der Waals surface area contributed by atoms with Crippen LogP contribution in [-0.2, 0) is 0 Å². The molecule has 15 heavy (non-hydrogen) atoms. The highest BCUT2D eigenvalue weighted by Crippen LogP contribution is 2.33. The molecule has 2 fully saturated rings. The van der Waals surface area contributed by atoms with Crippen LogP contribution in [0.2, 0.25) is 0 Å².